The number of nitrogens with zero attached hydrogens (tertiary/aromatic N) is 2. The second-order valence-corrected chi connectivity index (χ2v) is 7.12. The molecule has 0 spiro atoms. The van der Waals surface area contributed by atoms with Crippen molar-refractivity contribution in [2.45, 2.75) is 37.8 Å². The number of hydrogen-bond donors (Lipinski definition) is 2. The molecule has 0 aromatic heterocycles. The minimum atomic E-state index is -0.271. The molecule has 1 aromatic rings. The fourth-order valence-corrected chi connectivity index (χ4v) is 3.92. The number of β-amino-alcohol motifs (C(OH)–C–C–N with tert-alkyl or cyclic N) is 1. The average molecular weight is 332 g/mol. The number of carbonyl (C=O) groups is 1. The van der Waals surface area contributed by atoms with Crippen LogP contribution in [0.3, 0.4) is 0 Å². The van der Waals surface area contributed by atoms with Crippen LogP contribution in [0, 0.1) is 5.92 Å². The zero-order chi connectivity index (χ0) is 16.9. The molecule has 0 saturated carbocycles. The third kappa shape index (κ3) is 4.15. The van der Waals surface area contributed by atoms with Crippen LogP contribution in [-0.2, 0) is 0 Å². The van der Waals surface area contributed by atoms with E-state index in [4.69, 9.17) is 0 Å². The Morgan fingerprint density at radius 2 is 1.79 bits per heavy atom. The van der Waals surface area contributed by atoms with Crippen LogP contribution in [0.2, 0.25) is 0 Å². The summed E-state index contributed by atoms with van der Waals surface area (Å²) < 4.78 is 0. The maximum Gasteiger partial charge on any atom is 0.253 e. The van der Waals surface area contributed by atoms with Gasteiger partial charge in [-0.15, -0.1) is 0 Å². The molecule has 2 aliphatic rings. The molecule has 3 rings (SSSR count). The van der Waals surface area contributed by atoms with Crippen molar-refractivity contribution in [2.75, 3.05) is 32.8 Å². The highest BCUT2D eigenvalue weighted by atomic mass is 16.3. The maximum absolute atomic E-state index is 12.5. The van der Waals surface area contributed by atoms with Gasteiger partial charge in [-0.25, -0.2) is 0 Å². The van der Waals surface area contributed by atoms with Crippen LogP contribution in [0.25, 0.3) is 0 Å². The summed E-state index contributed by atoms with van der Waals surface area (Å²) in [4.78, 5) is 16.7. The first-order valence-electron chi connectivity index (χ1n) is 9.04. The van der Waals surface area contributed by atoms with Gasteiger partial charge in [0.2, 0.25) is 0 Å². The molecule has 2 saturated heterocycles. The lowest BCUT2D eigenvalue weighted by molar-refractivity contribution is 0.000415. The molecule has 0 radical (unpaired) electrons. The molecule has 0 bridgehead atoms. The van der Waals surface area contributed by atoms with E-state index in [2.05, 4.69) is 4.90 Å². The highest BCUT2D eigenvalue weighted by Crippen LogP contribution is 2.24. The van der Waals surface area contributed by atoms with E-state index >= 15 is 0 Å². The first kappa shape index (κ1) is 17.4. The summed E-state index contributed by atoms with van der Waals surface area (Å²) in [6.45, 7) is 3.32. The fraction of sp³-hybridized carbons (Fsp3) is 0.632. The van der Waals surface area contributed by atoms with Crippen molar-refractivity contribution in [2.24, 2.45) is 5.92 Å². The summed E-state index contributed by atoms with van der Waals surface area (Å²) in [6.07, 6.45) is 3.36. The minimum Gasteiger partial charge on any atom is -0.395 e. The molecule has 0 aliphatic carbocycles. The van der Waals surface area contributed by atoms with Crippen molar-refractivity contribution < 1.29 is 15.0 Å². The molecule has 2 N–H and O–H groups in total. The number of benzene rings is 1. The topological polar surface area (TPSA) is 64.0 Å². The van der Waals surface area contributed by atoms with Crippen molar-refractivity contribution in [3.8, 4) is 0 Å². The van der Waals surface area contributed by atoms with Gasteiger partial charge in [0.15, 0.2) is 0 Å². The molecule has 5 heteroatoms. The number of likely N-dealkylation sites (tertiary alicyclic amines) is 2. The summed E-state index contributed by atoms with van der Waals surface area (Å²) in [5.74, 6) is 0.653. The van der Waals surface area contributed by atoms with Crippen LogP contribution >= 0.6 is 0 Å². The van der Waals surface area contributed by atoms with E-state index in [1.807, 2.05) is 35.2 Å². The standard InChI is InChI=1S/C19H28N2O3/c22-14-17-6-7-18(23)13-21(17)12-15-8-10-20(11-9-15)19(24)16-4-2-1-3-5-16/h1-5,15,17-18,22-23H,6-14H2/t17-,18-/m1/s1. The van der Waals surface area contributed by atoms with Crippen LogP contribution in [0.15, 0.2) is 30.3 Å². The number of aliphatic hydroxyl groups excluding tert-OH is 2. The third-order valence-electron chi connectivity index (χ3n) is 5.42. The first-order valence-corrected chi connectivity index (χ1v) is 9.04. The van der Waals surface area contributed by atoms with Gasteiger partial charge in [-0.05, 0) is 43.7 Å². The second kappa shape index (κ2) is 8.10. The molecule has 1 aromatic carbocycles. The molecule has 0 unspecified atom stereocenters. The van der Waals surface area contributed by atoms with Gasteiger partial charge in [-0.2, -0.15) is 0 Å². The van der Waals surface area contributed by atoms with Gasteiger partial charge in [0.25, 0.3) is 5.91 Å². The Bertz CT molecular complexity index is 529. The van der Waals surface area contributed by atoms with Crippen LogP contribution in [0.4, 0.5) is 0 Å². The van der Waals surface area contributed by atoms with Gasteiger partial charge < -0.3 is 15.1 Å². The normalized spacial score (nSPS) is 26.5. The Balaban J connectivity index is 1.50. The lowest BCUT2D eigenvalue weighted by Gasteiger charge is -2.41. The molecular weight excluding hydrogens is 304 g/mol. The lowest BCUT2D eigenvalue weighted by atomic mass is 9.92. The summed E-state index contributed by atoms with van der Waals surface area (Å²) in [5, 5.41) is 19.4. The van der Waals surface area contributed by atoms with E-state index in [9.17, 15) is 15.0 Å². The predicted molar refractivity (Wildman–Crippen MR) is 92.8 cm³/mol. The molecule has 5 nitrogen and oxygen atoms in total. The highest BCUT2D eigenvalue weighted by molar-refractivity contribution is 5.94. The Hall–Kier alpha value is -1.43. The number of piperidine rings is 2. The first-order chi connectivity index (χ1) is 11.7. The largest absolute Gasteiger partial charge is 0.395 e. The van der Waals surface area contributed by atoms with Crippen LogP contribution in [0.5, 0.6) is 0 Å². The maximum atomic E-state index is 12.5. The average Bonchev–Trinajstić information content (AvgIpc) is 2.63. The van der Waals surface area contributed by atoms with Gasteiger partial charge in [0, 0.05) is 37.8 Å². The number of rotatable bonds is 4. The van der Waals surface area contributed by atoms with Crippen LogP contribution in [0.1, 0.15) is 36.0 Å². The summed E-state index contributed by atoms with van der Waals surface area (Å²) >= 11 is 0. The quantitative estimate of drug-likeness (QED) is 0.874. The Labute approximate surface area is 143 Å². The van der Waals surface area contributed by atoms with Gasteiger partial charge in [-0.1, -0.05) is 18.2 Å². The minimum absolute atomic E-state index is 0.121. The van der Waals surface area contributed by atoms with Crippen molar-refractivity contribution in [1.29, 1.82) is 0 Å². The van der Waals surface area contributed by atoms with Crippen molar-refractivity contribution in [3.63, 3.8) is 0 Å². The monoisotopic (exact) mass is 332 g/mol. The molecular formula is C19H28N2O3. The van der Waals surface area contributed by atoms with E-state index in [0.29, 0.717) is 12.5 Å². The molecule has 2 heterocycles. The zero-order valence-corrected chi connectivity index (χ0v) is 14.2. The zero-order valence-electron chi connectivity index (χ0n) is 14.2. The predicted octanol–water partition coefficient (Wildman–Crippen LogP) is 1.36. The van der Waals surface area contributed by atoms with E-state index in [1.165, 1.54) is 0 Å². The highest BCUT2D eigenvalue weighted by Gasteiger charge is 2.30. The van der Waals surface area contributed by atoms with Crippen LogP contribution in [-0.4, -0.2) is 70.9 Å². The second-order valence-electron chi connectivity index (χ2n) is 7.12. The number of carbonyl (C=O) groups excluding carboxylic acids is 1. The summed E-state index contributed by atoms with van der Waals surface area (Å²) in [6, 6.07) is 9.64. The molecule has 2 aliphatic heterocycles. The van der Waals surface area contributed by atoms with Gasteiger partial charge in [0.1, 0.15) is 0 Å². The van der Waals surface area contributed by atoms with Crippen molar-refractivity contribution >= 4 is 5.91 Å². The molecule has 2 atom stereocenters. The number of hydrogen-bond acceptors (Lipinski definition) is 4. The molecule has 24 heavy (non-hydrogen) atoms. The smallest absolute Gasteiger partial charge is 0.253 e. The Morgan fingerprint density at radius 3 is 2.46 bits per heavy atom. The molecule has 2 fully saturated rings. The van der Waals surface area contributed by atoms with Crippen molar-refractivity contribution in [3.05, 3.63) is 35.9 Å². The Kier molecular flexibility index (Phi) is 5.87. The molecule has 132 valence electrons. The van der Waals surface area contributed by atoms with E-state index in [1.54, 1.807) is 0 Å². The van der Waals surface area contributed by atoms with E-state index in [0.717, 1.165) is 50.9 Å². The van der Waals surface area contributed by atoms with E-state index < -0.39 is 0 Å². The van der Waals surface area contributed by atoms with Crippen molar-refractivity contribution in [1.82, 2.24) is 9.80 Å². The lowest BCUT2D eigenvalue weighted by Crippen LogP contribution is -2.50. The van der Waals surface area contributed by atoms with Crippen LogP contribution < -0.4 is 0 Å². The summed E-state index contributed by atoms with van der Waals surface area (Å²) in [7, 11) is 0. The van der Waals surface area contributed by atoms with Gasteiger partial charge in [0.05, 0.1) is 12.7 Å². The fourth-order valence-electron chi connectivity index (χ4n) is 3.92. The van der Waals surface area contributed by atoms with E-state index in [-0.39, 0.29) is 24.7 Å². The summed E-state index contributed by atoms with van der Waals surface area (Å²) in [5.41, 5.74) is 0.760. The van der Waals surface area contributed by atoms with Gasteiger partial charge >= 0.3 is 0 Å². The number of amides is 1. The molecule has 1 amide bonds. The third-order valence-corrected chi connectivity index (χ3v) is 5.42. The SMILES string of the molecule is O=C(c1ccccc1)N1CCC(CN2C[C@H](O)CC[C@@H]2CO)CC1. The number of aliphatic hydroxyl groups is 2. The van der Waals surface area contributed by atoms with Gasteiger partial charge in [-0.3, -0.25) is 9.69 Å². The Morgan fingerprint density at radius 1 is 1.08 bits per heavy atom.